The van der Waals surface area contributed by atoms with E-state index < -0.39 is 37.2 Å². The van der Waals surface area contributed by atoms with E-state index >= 15 is 0 Å². The SMILES string of the molecule is O=C1NS(=O)(=O)C2CCCN(S(=O)(=O)Cc3ccccc3)C12. The van der Waals surface area contributed by atoms with E-state index in [4.69, 9.17) is 0 Å². The molecule has 1 aromatic carbocycles. The molecule has 1 amide bonds. The van der Waals surface area contributed by atoms with E-state index in [1.165, 1.54) is 0 Å². The summed E-state index contributed by atoms with van der Waals surface area (Å²) in [6.07, 6.45) is 0.715. The summed E-state index contributed by atoms with van der Waals surface area (Å²) in [7, 11) is -7.53. The van der Waals surface area contributed by atoms with Crippen LogP contribution < -0.4 is 4.72 Å². The summed E-state index contributed by atoms with van der Waals surface area (Å²) in [6, 6.07) is 7.47. The summed E-state index contributed by atoms with van der Waals surface area (Å²) < 4.78 is 52.0. The van der Waals surface area contributed by atoms with Gasteiger partial charge in [0.25, 0.3) is 5.91 Å². The number of hydrogen-bond acceptors (Lipinski definition) is 5. The van der Waals surface area contributed by atoms with Crippen LogP contribution in [0.3, 0.4) is 0 Å². The fourth-order valence-electron chi connectivity index (χ4n) is 3.01. The topological polar surface area (TPSA) is 101 Å². The predicted octanol–water partition coefficient (Wildman–Crippen LogP) is -0.191. The minimum Gasteiger partial charge on any atom is -0.272 e. The van der Waals surface area contributed by atoms with Gasteiger partial charge in [0.15, 0.2) is 0 Å². The van der Waals surface area contributed by atoms with Crippen molar-refractivity contribution >= 4 is 26.0 Å². The predicted molar refractivity (Wildman–Crippen MR) is 79.6 cm³/mol. The smallest absolute Gasteiger partial charge is 0.253 e. The zero-order valence-corrected chi connectivity index (χ0v) is 13.3. The third-order valence-electron chi connectivity index (χ3n) is 3.99. The van der Waals surface area contributed by atoms with Crippen LogP contribution in [-0.4, -0.2) is 44.9 Å². The minimum atomic E-state index is -3.77. The summed E-state index contributed by atoms with van der Waals surface area (Å²) in [5.41, 5.74) is 0.603. The van der Waals surface area contributed by atoms with E-state index in [-0.39, 0.29) is 12.3 Å². The van der Waals surface area contributed by atoms with Gasteiger partial charge in [-0.3, -0.25) is 9.52 Å². The summed E-state index contributed by atoms with van der Waals surface area (Å²) in [6.45, 7) is 0.166. The lowest BCUT2D eigenvalue weighted by Gasteiger charge is -2.33. The second-order valence-corrected chi connectivity index (χ2v) is 9.31. The van der Waals surface area contributed by atoms with Crippen molar-refractivity contribution in [1.82, 2.24) is 9.03 Å². The molecule has 2 aliphatic heterocycles. The number of nitrogens with one attached hydrogen (secondary N) is 1. The van der Waals surface area contributed by atoms with Gasteiger partial charge < -0.3 is 0 Å². The molecule has 2 unspecified atom stereocenters. The van der Waals surface area contributed by atoms with Gasteiger partial charge in [0.1, 0.15) is 11.3 Å². The lowest BCUT2D eigenvalue weighted by molar-refractivity contribution is -0.122. The number of fused-ring (bicyclic) bond motifs is 1. The Labute approximate surface area is 129 Å². The molecule has 1 N–H and O–H groups in total. The summed E-state index contributed by atoms with van der Waals surface area (Å²) in [5.74, 6) is -0.994. The first-order chi connectivity index (χ1) is 10.3. The Morgan fingerprint density at radius 2 is 1.91 bits per heavy atom. The third-order valence-corrected chi connectivity index (χ3v) is 7.59. The van der Waals surface area contributed by atoms with Crippen molar-refractivity contribution in [2.24, 2.45) is 0 Å². The lowest BCUT2D eigenvalue weighted by atomic mass is 10.0. The van der Waals surface area contributed by atoms with Crippen LogP contribution in [0.4, 0.5) is 0 Å². The quantitative estimate of drug-likeness (QED) is 0.819. The Hall–Kier alpha value is -1.45. The van der Waals surface area contributed by atoms with Crippen molar-refractivity contribution in [2.75, 3.05) is 6.54 Å². The standard InChI is InChI=1S/C13H16N2O5S2/c16-13-12-11(22(19,20)14-13)7-4-8-15(12)21(17,18)9-10-5-2-1-3-6-10/h1-3,5-6,11-12H,4,7-9H2,(H,14,16). The first-order valence-electron chi connectivity index (χ1n) is 6.90. The van der Waals surface area contributed by atoms with Crippen LogP contribution >= 0.6 is 0 Å². The molecule has 7 nitrogen and oxygen atoms in total. The van der Waals surface area contributed by atoms with Gasteiger partial charge in [0.05, 0.1) is 5.75 Å². The number of carbonyl (C=O) groups excluding carboxylic acids is 1. The van der Waals surface area contributed by atoms with Crippen molar-refractivity contribution in [3.05, 3.63) is 35.9 Å². The van der Waals surface area contributed by atoms with Crippen molar-refractivity contribution < 1.29 is 21.6 Å². The number of piperidine rings is 1. The molecule has 0 spiro atoms. The Balaban J connectivity index is 1.92. The first kappa shape index (κ1) is 15.4. The molecule has 0 saturated carbocycles. The van der Waals surface area contributed by atoms with E-state index in [9.17, 15) is 21.6 Å². The molecule has 2 aliphatic rings. The van der Waals surface area contributed by atoms with Crippen molar-refractivity contribution in [2.45, 2.75) is 29.9 Å². The average Bonchev–Trinajstić information content (AvgIpc) is 2.69. The highest BCUT2D eigenvalue weighted by Gasteiger charge is 2.53. The molecule has 0 radical (unpaired) electrons. The van der Waals surface area contributed by atoms with Crippen LogP contribution in [0.1, 0.15) is 18.4 Å². The van der Waals surface area contributed by atoms with Crippen LogP contribution in [0, 0.1) is 0 Å². The molecule has 120 valence electrons. The van der Waals surface area contributed by atoms with E-state index in [1.54, 1.807) is 30.3 Å². The maximum absolute atomic E-state index is 12.6. The lowest BCUT2D eigenvalue weighted by Crippen LogP contribution is -2.52. The molecule has 3 rings (SSSR count). The Kier molecular flexibility index (Phi) is 3.74. The molecule has 2 fully saturated rings. The molecule has 2 atom stereocenters. The summed E-state index contributed by atoms with van der Waals surface area (Å²) in [4.78, 5) is 11.9. The number of amides is 1. The maximum atomic E-state index is 12.6. The highest BCUT2D eigenvalue weighted by Crippen LogP contribution is 2.31. The number of sulfonamides is 2. The minimum absolute atomic E-state index is 0.166. The molecular weight excluding hydrogens is 328 g/mol. The normalized spacial score (nSPS) is 28.1. The molecule has 0 bridgehead atoms. The zero-order valence-electron chi connectivity index (χ0n) is 11.7. The Morgan fingerprint density at radius 3 is 2.59 bits per heavy atom. The first-order valence-corrected chi connectivity index (χ1v) is 10.1. The zero-order chi connectivity index (χ0) is 16.0. The van der Waals surface area contributed by atoms with Gasteiger partial charge in [0.2, 0.25) is 20.0 Å². The van der Waals surface area contributed by atoms with Crippen LogP contribution in [0.2, 0.25) is 0 Å². The van der Waals surface area contributed by atoms with Gasteiger partial charge in [0, 0.05) is 6.54 Å². The van der Waals surface area contributed by atoms with Crippen LogP contribution in [0.5, 0.6) is 0 Å². The van der Waals surface area contributed by atoms with Crippen LogP contribution in [0.25, 0.3) is 0 Å². The monoisotopic (exact) mass is 344 g/mol. The second-order valence-electron chi connectivity index (χ2n) is 5.49. The Bertz CT molecular complexity index is 789. The number of nitrogens with zero attached hydrogens (tertiary/aromatic N) is 1. The highest BCUT2D eigenvalue weighted by atomic mass is 32.2. The van der Waals surface area contributed by atoms with Gasteiger partial charge in [-0.15, -0.1) is 0 Å². The van der Waals surface area contributed by atoms with E-state index in [0.717, 1.165) is 4.31 Å². The van der Waals surface area contributed by atoms with E-state index in [1.807, 2.05) is 4.72 Å². The van der Waals surface area contributed by atoms with Crippen LogP contribution in [-0.2, 0) is 30.6 Å². The summed E-state index contributed by atoms with van der Waals surface area (Å²) in [5, 5.41) is -0.987. The highest BCUT2D eigenvalue weighted by molar-refractivity contribution is 7.91. The second kappa shape index (κ2) is 5.32. The molecule has 0 aromatic heterocycles. The van der Waals surface area contributed by atoms with Gasteiger partial charge >= 0.3 is 0 Å². The molecule has 22 heavy (non-hydrogen) atoms. The van der Waals surface area contributed by atoms with Crippen molar-refractivity contribution in [3.8, 4) is 0 Å². The van der Waals surface area contributed by atoms with Gasteiger partial charge in [-0.1, -0.05) is 30.3 Å². The van der Waals surface area contributed by atoms with Crippen LogP contribution in [0.15, 0.2) is 30.3 Å². The fraction of sp³-hybridized carbons (Fsp3) is 0.462. The number of rotatable bonds is 3. The molecule has 2 heterocycles. The number of hydrogen-bond donors (Lipinski definition) is 1. The fourth-order valence-corrected chi connectivity index (χ4v) is 6.50. The number of benzene rings is 1. The average molecular weight is 344 g/mol. The largest absolute Gasteiger partial charge is 0.272 e. The van der Waals surface area contributed by atoms with E-state index in [2.05, 4.69) is 0 Å². The molecule has 1 aromatic rings. The van der Waals surface area contributed by atoms with Gasteiger partial charge in [-0.2, -0.15) is 4.31 Å². The molecule has 0 aliphatic carbocycles. The third kappa shape index (κ3) is 2.64. The van der Waals surface area contributed by atoms with Crippen molar-refractivity contribution in [3.63, 3.8) is 0 Å². The summed E-state index contributed by atoms with van der Waals surface area (Å²) >= 11 is 0. The molecule has 9 heteroatoms. The van der Waals surface area contributed by atoms with E-state index in [0.29, 0.717) is 18.4 Å². The molecular formula is C13H16N2O5S2. The van der Waals surface area contributed by atoms with Gasteiger partial charge in [-0.05, 0) is 18.4 Å². The Morgan fingerprint density at radius 1 is 1.23 bits per heavy atom. The van der Waals surface area contributed by atoms with Gasteiger partial charge in [-0.25, -0.2) is 16.8 Å². The maximum Gasteiger partial charge on any atom is 0.253 e. The molecule has 2 saturated heterocycles. The van der Waals surface area contributed by atoms with Crippen molar-refractivity contribution in [1.29, 1.82) is 0 Å². The number of carbonyl (C=O) groups is 1.